The summed E-state index contributed by atoms with van der Waals surface area (Å²) in [5.74, 6) is 0.249. The Balaban J connectivity index is 0.00000484. The number of halogens is 1. The number of benzene rings is 1. The minimum absolute atomic E-state index is 0. The molecule has 1 aromatic rings. The Morgan fingerprint density at radius 2 is 1.83 bits per heavy atom. The van der Waals surface area contributed by atoms with Crippen molar-refractivity contribution in [2.24, 2.45) is 5.92 Å². The molecule has 1 aromatic carbocycles. The summed E-state index contributed by atoms with van der Waals surface area (Å²) in [6, 6.07) is 6.72. The van der Waals surface area contributed by atoms with Crippen LogP contribution in [0.15, 0.2) is 24.3 Å². The number of rotatable bonds is 9. The zero-order chi connectivity index (χ0) is 16.4. The molecule has 5 nitrogen and oxygen atoms in total. The highest BCUT2D eigenvalue weighted by Crippen LogP contribution is 2.11. The molecule has 0 aliphatic carbocycles. The fraction of sp³-hybridized carbons (Fsp3) is 0.529. The monoisotopic (exact) mass is 342 g/mol. The molecule has 0 atom stereocenters. The molecule has 0 unspecified atom stereocenters. The SMILES string of the molecule is CCOC(=O)c1ccc(NC(=O)CCCNCC(C)C)cc1.Cl. The molecule has 0 spiro atoms. The molecule has 0 radical (unpaired) electrons. The van der Waals surface area contributed by atoms with Crippen molar-refractivity contribution < 1.29 is 14.3 Å². The second-order valence-electron chi connectivity index (χ2n) is 5.55. The smallest absolute Gasteiger partial charge is 0.338 e. The standard InChI is InChI=1S/C17H26N2O3.ClH/c1-4-22-17(21)14-7-9-15(10-8-14)19-16(20)6-5-11-18-12-13(2)3;/h7-10,13,18H,4-6,11-12H2,1-3H3,(H,19,20);1H. The highest BCUT2D eigenvalue weighted by molar-refractivity contribution is 5.93. The van der Waals surface area contributed by atoms with Crippen LogP contribution >= 0.6 is 12.4 Å². The van der Waals surface area contributed by atoms with Gasteiger partial charge in [-0.25, -0.2) is 4.79 Å². The molecular formula is C17H27ClN2O3. The molecule has 2 N–H and O–H groups in total. The predicted molar refractivity (Wildman–Crippen MR) is 95.2 cm³/mol. The summed E-state index contributed by atoms with van der Waals surface area (Å²) in [4.78, 5) is 23.3. The molecule has 1 rings (SSSR count). The number of amides is 1. The van der Waals surface area contributed by atoms with E-state index in [1.54, 1.807) is 31.2 Å². The van der Waals surface area contributed by atoms with Crippen molar-refractivity contribution in [3.05, 3.63) is 29.8 Å². The Hall–Kier alpha value is -1.59. The molecule has 0 fully saturated rings. The van der Waals surface area contributed by atoms with Gasteiger partial charge in [0.2, 0.25) is 5.91 Å². The summed E-state index contributed by atoms with van der Waals surface area (Å²) < 4.78 is 4.91. The van der Waals surface area contributed by atoms with Crippen LogP contribution in [0.5, 0.6) is 0 Å². The van der Waals surface area contributed by atoms with E-state index in [-0.39, 0.29) is 24.3 Å². The zero-order valence-electron chi connectivity index (χ0n) is 14.1. The summed E-state index contributed by atoms with van der Waals surface area (Å²) in [7, 11) is 0. The van der Waals surface area contributed by atoms with E-state index in [2.05, 4.69) is 24.5 Å². The topological polar surface area (TPSA) is 67.4 Å². The first-order chi connectivity index (χ1) is 10.5. The molecule has 0 heterocycles. The van der Waals surface area contributed by atoms with Gasteiger partial charge in [-0.05, 0) is 56.6 Å². The third-order valence-corrected chi connectivity index (χ3v) is 2.99. The second kappa shape index (κ2) is 11.9. The maximum absolute atomic E-state index is 11.8. The minimum atomic E-state index is -0.350. The first kappa shape index (κ1) is 21.4. The second-order valence-corrected chi connectivity index (χ2v) is 5.55. The highest BCUT2D eigenvalue weighted by Gasteiger charge is 2.07. The lowest BCUT2D eigenvalue weighted by Gasteiger charge is -2.08. The largest absolute Gasteiger partial charge is 0.462 e. The van der Waals surface area contributed by atoms with E-state index >= 15 is 0 Å². The number of anilines is 1. The molecule has 0 bridgehead atoms. The molecule has 1 amide bonds. The van der Waals surface area contributed by atoms with Crippen LogP contribution < -0.4 is 10.6 Å². The molecule has 0 aliphatic rings. The van der Waals surface area contributed by atoms with Crippen LogP contribution in [-0.2, 0) is 9.53 Å². The van der Waals surface area contributed by atoms with Gasteiger partial charge < -0.3 is 15.4 Å². The van der Waals surface area contributed by atoms with E-state index in [0.29, 0.717) is 30.2 Å². The van der Waals surface area contributed by atoms with Gasteiger partial charge in [-0.15, -0.1) is 12.4 Å². The lowest BCUT2D eigenvalue weighted by Crippen LogP contribution is -2.22. The summed E-state index contributed by atoms with van der Waals surface area (Å²) in [6.07, 6.45) is 1.28. The molecule has 130 valence electrons. The average Bonchev–Trinajstić information content (AvgIpc) is 2.47. The van der Waals surface area contributed by atoms with Crippen LogP contribution in [0.25, 0.3) is 0 Å². The lowest BCUT2D eigenvalue weighted by atomic mass is 10.2. The molecule has 0 saturated heterocycles. The van der Waals surface area contributed by atoms with Crippen molar-refractivity contribution >= 4 is 30.0 Å². The van der Waals surface area contributed by atoms with Crippen molar-refractivity contribution in [2.45, 2.75) is 33.6 Å². The number of carbonyl (C=O) groups is 2. The lowest BCUT2D eigenvalue weighted by molar-refractivity contribution is -0.116. The van der Waals surface area contributed by atoms with Gasteiger partial charge in [-0.2, -0.15) is 0 Å². The summed E-state index contributed by atoms with van der Waals surface area (Å²) in [6.45, 7) is 8.23. The van der Waals surface area contributed by atoms with Crippen molar-refractivity contribution in [1.29, 1.82) is 0 Å². The van der Waals surface area contributed by atoms with Crippen LogP contribution in [0.2, 0.25) is 0 Å². The Bertz CT molecular complexity index is 475. The van der Waals surface area contributed by atoms with E-state index in [4.69, 9.17) is 4.74 Å². The van der Waals surface area contributed by atoms with Gasteiger partial charge in [-0.3, -0.25) is 4.79 Å². The molecular weight excluding hydrogens is 316 g/mol. The number of ether oxygens (including phenoxy) is 1. The van der Waals surface area contributed by atoms with E-state index in [9.17, 15) is 9.59 Å². The third-order valence-electron chi connectivity index (χ3n) is 2.99. The summed E-state index contributed by atoms with van der Waals surface area (Å²) >= 11 is 0. The fourth-order valence-corrected chi connectivity index (χ4v) is 1.89. The van der Waals surface area contributed by atoms with Gasteiger partial charge in [0.1, 0.15) is 0 Å². The normalized spacial score (nSPS) is 10.1. The van der Waals surface area contributed by atoms with Gasteiger partial charge >= 0.3 is 5.97 Å². The fourth-order valence-electron chi connectivity index (χ4n) is 1.89. The Labute approximate surface area is 144 Å². The molecule has 6 heteroatoms. The maximum Gasteiger partial charge on any atom is 0.338 e. The van der Waals surface area contributed by atoms with Crippen molar-refractivity contribution in [2.75, 3.05) is 25.0 Å². The summed E-state index contributed by atoms with van der Waals surface area (Å²) in [5, 5.41) is 6.13. The minimum Gasteiger partial charge on any atom is -0.462 e. The first-order valence-corrected chi connectivity index (χ1v) is 7.80. The van der Waals surface area contributed by atoms with E-state index in [1.165, 1.54) is 0 Å². The van der Waals surface area contributed by atoms with Gasteiger partial charge in [0.25, 0.3) is 0 Å². The van der Waals surface area contributed by atoms with Crippen LogP contribution in [0.3, 0.4) is 0 Å². The molecule has 23 heavy (non-hydrogen) atoms. The van der Waals surface area contributed by atoms with E-state index in [0.717, 1.165) is 19.5 Å². The Morgan fingerprint density at radius 1 is 1.17 bits per heavy atom. The predicted octanol–water partition coefficient (Wildman–Crippen LogP) is 3.25. The number of hydrogen-bond acceptors (Lipinski definition) is 4. The van der Waals surface area contributed by atoms with Crippen molar-refractivity contribution in [1.82, 2.24) is 5.32 Å². The van der Waals surface area contributed by atoms with Crippen LogP contribution in [0.4, 0.5) is 5.69 Å². The molecule has 0 aromatic heterocycles. The highest BCUT2D eigenvalue weighted by atomic mass is 35.5. The maximum atomic E-state index is 11.8. The average molecular weight is 343 g/mol. The molecule has 0 aliphatic heterocycles. The number of hydrogen-bond donors (Lipinski definition) is 2. The Kier molecular flexibility index (Phi) is 11.1. The quantitative estimate of drug-likeness (QED) is 0.534. The van der Waals surface area contributed by atoms with Gasteiger partial charge in [-0.1, -0.05) is 13.8 Å². The number of esters is 1. The molecule has 0 saturated carbocycles. The zero-order valence-corrected chi connectivity index (χ0v) is 14.9. The first-order valence-electron chi connectivity index (χ1n) is 7.80. The van der Waals surface area contributed by atoms with Crippen LogP contribution in [-0.4, -0.2) is 31.6 Å². The summed E-state index contributed by atoms with van der Waals surface area (Å²) in [5.41, 5.74) is 1.17. The number of nitrogens with one attached hydrogen (secondary N) is 2. The van der Waals surface area contributed by atoms with Crippen LogP contribution in [0.1, 0.15) is 44.0 Å². The number of carbonyl (C=O) groups excluding carboxylic acids is 2. The van der Waals surface area contributed by atoms with Gasteiger partial charge in [0.05, 0.1) is 12.2 Å². The third kappa shape index (κ3) is 9.21. The van der Waals surface area contributed by atoms with Crippen molar-refractivity contribution in [3.8, 4) is 0 Å². The Morgan fingerprint density at radius 3 is 2.39 bits per heavy atom. The van der Waals surface area contributed by atoms with E-state index in [1.807, 2.05) is 0 Å². The van der Waals surface area contributed by atoms with Gasteiger partial charge in [0.15, 0.2) is 0 Å². The van der Waals surface area contributed by atoms with Gasteiger partial charge in [0, 0.05) is 12.1 Å². The van der Waals surface area contributed by atoms with E-state index < -0.39 is 0 Å². The van der Waals surface area contributed by atoms with Crippen LogP contribution in [0, 0.1) is 5.92 Å². The van der Waals surface area contributed by atoms with Crippen molar-refractivity contribution in [3.63, 3.8) is 0 Å².